The highest BCUT2D eigenvalue weighted by atomic mass is 32.2. The van der Waals surface area contributed by atoms with Crippen molar-refractivity contribution in [1.82, 2.24) is 0 Å². The molecule has 2 aromatic rings. The van der Waals surface area contributed by atoms with E-state index in [4.69, 9.17) is 4.84 Å². The summed E-state index contributed by atoms with van der Waals surface area (Å²) < 4.78 is 24.7. The fourth-order valence-corrected chi connectivity index (χ4v) is 2.39. The average Bonchev–Trinajstić information content (AvgIpc) is 2.47. The van der Waals surface area contributed by atoms with Crippen LogP contribution < -0.4 is 4.72 Å². The highest BCUT2D eigenvalue weighted by Crippen LogP contribution is 2.12. The molecule has 5 nitrogen and oxygen atoms in total. The number of anilines is 1. The number of hydrogen-bond donors (Lipinski definition) is 1. The van der Waals surface area contributed by atoms with Crippen LogP contribution in [0.1, 0.15) is 18.1 Å². The minimum atomic E-state index is -3.26. The van der Waals surface area contributed by atoms with Crippen molar-refractivity contribution in [3.8, 4) is 0 Å². The van der Waals surface area contributed by atoms with Crippen molar-refractivity contribution in [3.63, 3.8) is 0 Å². The fraction of sp³-hybridized carbons (Fsp3) is 0.188. The summed E-state index contributed by atoms with van der Waals surface area (Å²) in [5.74, 6) is 0. The van der Waals surface area contributed by atoms with E-state index in [1.165, 1.54) is 0 Å². The van der Waals surface area contributed by atoms with E-state index in [1.807, 2.05) is 37.3 Å². The molecular formula is C16H18N2O3S. The summed E-state index contributed by atoms with van der Waals surface area (Å²) in [6, 6.07) is 16.7. The zero-order valence-corrected chi connectivity index (χ0v) is 13.3. The van der Waals surface area contributed by atoms with Gasteiger partial charge in [0.25, 0.3) is 0 Å². The van der Waals surface area contributed by atoms with Gasteiger partial charge in [0.2, 0.25) is 10.0 Å². The first-order chi connectivity index (χ1) is 10.4. The third kappa shape index (κ3) is 5.21. The van der Waals surface area contributed by atoms with Crippen molar-refractivity contribution in [2.75, 3.05) is 11.0 Å². The van der Waals surface area contributed by atoms with Gasteiger partial charge in [-0.2, -0.15) is 0 Å². The fourth-order valence-electron chi connectivity index (χ4n) is 1.82. The van der Waals surface area contributed by atoms with Crippen molar-refractivity contribution in [2.45, 2.75) is 13.5 Å². The van der Waals surface area contributed by atoms with E-state index in [-0.39, 0.29) is 0 Å². The van der Waals surface area contributed by atoms with E-state index in [0.717, 1.165) is 23.1 Å². The Bertz CT molecular complexity index is 739. The van der Waals surface area contributed by atoms with E-state index in [1.54, 1.807) is 24.3 Å². The van der Waals surface area contributed by atoms with Crippen LogP contribution in [0.3, 0.4) is 0 Å². The van der Waals surface area contributed by atoms with Gasteiger partial charge in [-0.1, -0.05) is 47.6 Å². The number of nitrogens with zero attached hydrogens (tertiary/aromatic N) is 1. The maximum Gasteiger partial charge on any atom is 0.229 e. The molecule has 0 aliphatic rings. The van der Waals surface area contributed by atoms with Gasteiger partial charge in [0.1, 0.15) is 6.61 Å². The summed E-state index contributed by atoms with van der Waals surface area (Å²) in [6.07, 6.45) is 1.12. The molecule has 2 rings (SSSR count). The molecule has 22 heavy (non-hydrogen) atoms. The Morgan fingerprint density at radius 2 is 1.73 bits per heavy atom. The Kier molecular flexibility index (Phi) is 5.16. The van der Waals surface area contributed by atoms with Crippen LogP contribution in [-0.4, -0.2) is 20.4 Å². The van der Waals surface area contributed by atoms with Crippen LogP contribution in [0, 0.1) is 0 Å². The lowest BCUT2D eigenvalue weighted by atomic mass is 10.1. The molecular weight excluding hydrogens is 300 g/mol. The Morgan fingerprint density at radius 1 is 1.09 bits per heavy atom. The molecule has 2 aromatic carbocycles. The Balaban J connectivity index is 1.97. The molecule has 0 radical (unpaired) electrons. The second kappa shape index (κ2) is 7.09. The van der Waals surface area contributed by atoms with Gasteiger partial charge >= 0.3 is 0 Å². The van der Waals surface area contributed by atoms with E-state index < -0.39 is 10.0 Å². The third-order valence-electron chi connectivity index (χ3n) is 2.88. The molecule has 0 aromatic heterocycles. The predicted octanol–water partition coefficient (Wildman–Crippen LogP) is 3.00. The van der Waals surface area contributed by atoms with Gasteiger partial charge in [-0.15, -0.1) is 0 Å². The highest BCUT2D eigenvalue weighted by Gasteiger charge is 2.03. The topological polar surface area (TPSA) is 67.8 Å². The molecule has 0 amide bonds. The molecule has 0 saturated heterocycles. The molecule has 0 unspecified atom stereocenters. The van der Waals surface area contributed by atoms with E-state index in [0.29, 0.717) is 12.3 Å². The summed E-state index contributed by atoms with van der Waals surface area (Å²) in [6.45, 7) is 2.25. The van der Waals surface area contributed by atoms with Crippen LogP contribution in [-0.2, 0) is 21.5 Å². The molecule has 0 saturated carbocycles. The summed E-state index contributed by atoms with van der Waals surface area (Å²) in [4.78, 5) is 5.32. The van der Waals surface area contributed by atoms with Crippen molar-refractivity contribution < 1.29 is 13.3 Å². The zero-order valence-electron chi connectivity index (χ0n) is 12.5. The lowest BCUT2D eigenvalue weighted by Crippen LogP contribution is -2.09. The van der Waals surface area contributed by atoms with Crippen molar-refractivity contribution >= 4 is 21.4 Å². The molecule has 0 heterocycles. The van der Waals surface area contributed by atoms with E-state index in [9.17, 15) is 8.42 Å². The molecule has 0 fully saturated rings. The number of rotatable bonds is 6. The minimum Gasteiger partial charge on any atom is -0.391 e. The van der Waals surface area contributed by atoms with Crippen LogP contribution in [0.25, 0.3) is 0 Å². The lowest BCUT2D eigenvalue weighted by molar-refractivity contribution is 0.130. The molecule has 0 atom stereocenters. The monoisotopic (exact) mass is 318 g/mol. The second-order valence-electron chi connectivity index (χ2n) is 4.89. The standard InChI is InChI=1S/C16H18N2O3S/c1-13(17-21-12-14-6-4-3-5-7-14)15-8-10-16(11-9-15)18-22(2,19)20/h3-11,18H,12H2,1-2H3. The van der Waals surface area contributed by atoms with Gasteiger partial charge in [-0.25, -0.2) is 8.42 Å². The summed E-state index contributed by atoms with van der Waals surface area (Å²) in [5, 5.41) is 4.07. The second-order valence-corrected chi connectivity index (χ2v) is 6.64. The average molecular weight is 318 g/mol. The van der Waals surface area contributed by atoms with Gasteiger partial charge in [-0.05, 0) is 30.2 Å². The van der Waals surface area contributed by atoms with Gasteiger partial charge in [0.15, 0.2) is 0 Å². The molecule has 116 valence electrons. The highest BCUT2D eigenvalue weighted by molar-refractivity contribution is 7.92. The lowest BCUT2D eigenvalue weighted by Gasteiger charge is -2.06. The first-order valence-electron chi connectivity index (χ1n) is 6.73. The van der Waals surface area contributed by atoms with Crippen molar-refractivity contribution in [2.24, 2.45) is 5.16 Å². The Hall–Kier alpha value is -2.34. The number of hydrogen-bond acceptors (Lipinski definition) is 4. The van der Waals surface area contributed by atoms with Gasteiger partial charge in [0.05, 0.1) is 12.0 Å². The van der Waals surface area contributed by atoms with Crippen molar-refractivity contribution in [1.29, 1.82) is 0 Å². The Labute approximate surface area is 130 Å². The normalized spacial score (nSPS) is 12.0. The molecule has 0 bridgehead atoms. The third-order valence-corrected chi connectivity index (χ3v) is 3.49. The van der Waals surface area contributed by atoms with Crippen LogP contribution in [0.5, 0.6) is 0 Å². The minimum absolute atomic E-state index is 0.409. The van der Waals surface area contributed by atoms with Crippen LogP contribution in [0.4, 0.5) is 5.69 Å². The quantitative estimate of drug-likeness (QED) is 0.657. The van der Waals surface area contributed by atoms with E-state index >= 15 is 0 Å². The summed E-state index contributed by atoms with van der Waals surface area (Å²) >= 11 is 0. The van der Waals surface area contributed by atoms with Gasteiger partial charge in [0, 0.05) is 5.69 Å². The largest absolute Gasteiger partial charge is 0.391 e. The molecule has 1 N–H and O–H groups in total. The van der Waals surface area contributed by atoms with Crippen LogP contribution in [0.2, 0.25) is 0 Å². The molecule has 0 aliphatic carbocycles. The first-order valence-corrected chi connectivity index (χ1v) is 8.62. The molecule has 0 spiro atoms. The number of benzene rings is 2. The number of sulfonamides is 1. The van der Waals surface area contributed by atoms with Gasteiger partial charge < -0.3 is 4.84 Å². The summed E-state index contributed by atoms with van der Waals surface area (Å²) in [7, 11) is -3.26. The number of nitrogens with one attached hydrogen (secondary N) is 1. The van der Waals surface area contributed by atoms with E-state index in [2.05, 4.69) is 9.88 Å². The predicted molar refractivity (Wildman–Crippen MR) is 88.4 cm³/mol. The van der Waals surface area contributed by atoms with Crippen molar-refractivity contribution in [3.05, 3.63) is 65.7 Å². The van der Waals surface area contributed by atoms with Gasteiger partial charge in [-0.3, -0.25) is 4.72 Å². The molecule has 6 heteroatoms. The number of oxime groups is 1. The first kappa shape index (κ1) is 16.0. The zero-order chi connectivity index (χ0) is 16.0. The van der Waals surface area contributed by atoms with Crippen LogP contribution >= 0.6 is 0 Å². The molecule has 0 aliphatic heterocycles. The SMILES string of the molecule is CC(=NOCc1ccccc1)c1ccc(NS(C)(=O)=O)cc1. The summed E-state index contributed by atoms with van der Waals surface area (Å²) in [5.41, 5.74) is 3.16. The van der Waals surface area contributed by atoms with Crippen LogP contribution in [0.15, 0.2) is 59.8 Å². The maximum absolute atomic E-state index is 11.1. The Morgan fingerprint density at radius 3 is 2.32 bits per heavy atom. The maximum atomic E-state index is 11.1. The smallest absolute Gasteiger partial charge is 0.229 e.